The number of nitrogen functional groups attached to an aromatic ring is 1. The van der Waals surface area contributed by atoms with Crippen LogP contribution in [0.3, 0.4) is 0 Å². The number of benzene rings is 2. The number of hydrogen-bond donors (Lipinski definition) is 2. The summed E-state index contributed by atoms with van der Waals surface area (Å²) in [5.41, 5.74) is 0.877. The van der Waals surface area contributed by atoms with Crippen LogP contribution in [0.1, 0.15) is 0 Å². The van der Waals surface area contributed by atoms with E-state index in [0.717, 1.165) is 17.8 Å². The third-order valence-corrected chi connectivity index (χ3v) is 4.77. The number of nitrogens with zero attached hydrogens (tertiary/aromatic N) is 3. The minimum atomic E-state index is -2.92. The van der Waals surface area contributed by atoms with Crippen molar-refractivity contribution in [1.29, 1.82) is 0 Å². The lowest BCUT2D eigenvalue weighted by molar-refractivity contribution is -0.113. The number of alkyl halides is 2. The summed E-state index contributed by atoms with van der Waals surface area (Å²) in [5.74, 6) is 5.24. The first-order chi connectivity index (χ1) is 13.8. The summed E-state index contributed by atoms with van der Waals surface area (Å²) in [6, 6.07) is 9.54. The highest BCUT2D eigenvalue weighted by molar-refractivity contribution is 7.99. The van der Waals surface area contributed by atoms with Crippen molar-refractivity contribution in [1.82, 2.24) is 14.9 Å². The maximum Gasteiger partial charge on any atom is 0.387 e. The third kappa shape index (κ3) is 5.33. The number of nitrogens with two attached hydrogens (primary N) is 1. The van der Waals surface area contributed by atoms with Crippen molar-refractivity contribution in [2.75, 3.05) is 16.9 Å². The van der Waals surface area contributed by atoms with Gasteiger partial charge >= 0.3 is 6.61 Å². The average molecular weight is 444 g/mol. The lowest BCUT2D eigenvalue weighted by Crippen LogP contribution is -2.16. The predicted octanol–water partition coefficient (Wildman–Crippen LogP) is 3.78. The highest BCUT2D eigenvalue weighted by atomic mass is 35.5. The molecule has 1 heterocycles. The normalized spacial score (nSPS) is 10.9. The van der Waals surface area contributed by atoms with Crippen LogP contribution in [0.5, 0.6) is 5.75 Å². The molecule has 7 nitrogen and oxygen atoms in total. The molecule has 0 aliphatic rings. The fraction of sp³-hybridized carbons (Fsp3) is 0.118. The van der Waals surface area contributed by atoms with E-state index in [0.29, 0.717) is 11.3 Å². The van der Waals surface area contributed by atoms with E-state index in [-0.39, 0.29) is 33.4 Å². The van der Waals surface area contributed by atoms with Gasteiger partial charge in [-0.15, -0.1) is 10.2 Å². The predicted molar refractivity (Wildman–Crippen MR) is 103 cm³/mol. The molecular weight excluding hydrogens is 431 g/mol. The molecule has 0 bridgehead atoms. The van der Waals surface area contributed by atoms with Crippen molar-refractivity contribution >= 4 is 35.0 Å². The lowest BCUT2D eigenvalue weighted by atomic mass is 10.2. The molecule has 3 aromatic rings. The third-order valence-electron chi connectivity index (χ3n) is 3.54. The molecule has 3 N–H and O–H groups in total. The molecule has 0 unspecified atom stereocenters. The van der Waals surface area contributed by atoms with E-state index in [1.165, 1.54) is 41.1 Å². The summed E-state index contributed by atoms with van der Waals surface area (Å²) >= 11 is 6.70. The Labute approximate surface area is 172 Å². The van der Waals surface area contributed by atoms with E-state index in [1.807, 2.05) is 0 Å². The molecule has 0 spiro atoms. The van der Waals surface area contributed by atoms with Crippen LogP contribution in [0, 0.1) is 5.82 Å². The molecule has 0 fully saturated rings. The van der Waals surface area contributed by atoms with Crippen LogP contribution in [-0.4, -0.2) is 33.1 Å². The Hall–Kier alpha value is -2.92. The number of halogens is 4. The lowest BCUT2D eigenvalue weighted by Gasteiger charge is -2.07. The Kier molecular flexibility index (Phi) is 6.49. The Morgan fingerprint density at radius 1 is 1.24 bits per heavy atom. The molecule has 0 aliphatic carbocycles. The van der Waals surface area contributed by atoms with Crippen LogP contribution in [0.4, 0.5) is 18.9 Å². The molecule has 3 rings (SSSR count). The average Bonchev–Trinajstić information content (AvgIpc) is 3.04. The van der Waals surface area contributed by atoms with E-state index >= 15 is 0 Å². The van der Waals surface area contributed by atoms with Gasteiger partial charge in [0.2, 0.25) is 11.1 Å². The van der Waals surface area contributed by atoms with Gasteiger partial charge in [-0.05, 0) is 42.5 Å². The number of hydrogen-bond acceptors (Lipinski definition) is 6. The zero-order valence-electron chi connectivity index (χ0n) is 14.5. The van der Waals surface area contributed by atoms with Crippen LogP contribution in [0.15, 0.2) is 47.6 Å². The second-order valence-electron chi connectivity index (χ2n) is 5.54. The standard InChI is InChI=1S/C17H13ClF3N5O2S/c18-12-7-10(3-6-13(12)19)23-14(27)8-29-17-25-24-15(26(17)22)9-1-4-11(5-2-9)28-16(20)21/h1-7,16H,8,22H2,(H,23,27). The monoisotopic (exact) mass is 443 g/mol. The second-order valence-corrected chi connectivity index (χ2v) is 6.89. The maximum absolute atomic E-state index is 13.1. The maximum atomic E-state index is 13.1. The summed E-state index contributed by atoms with van der Waals surface area (Å²) in [6.07, 6.45) is 0. The summed E-state index contributed by atoms with van der Waals surface area (Å²) in [5, 5.41) is 10.6. The van der Waals surface area contributed by atoms with Gasteiger partial charge in [0.15, 0.2) is 5.82 Å². The van der Waals surface area contributed by atoms with Crippen LogP contribution >= 0.6 is 23.4 Å². The molecule has 12 heteroatoms. The van der Waals surface area contributed by atoms with Crippen molar-refractivity contribution < 1.29 is 22.7 Å². The number of anilines is 1. The highest BCUT2D eigenvalue weighted by Gasteiger charge is 2.15. The van der Waals surface area contributed by atoms with Gasteiger partial charge in [-0.1, -0.05) is 23.4 Å². The number of carbonyl (C=O) groups excluding carboxylic acids is 1. The summed E-state index contributed by atoms with van der Waals surface area (Å²) in [6.45, 7) is -2.92. The SMILES string of the molecule is Nn1c(SCC(=O)Nc2ccc(F)c(Cl)c2)nnc1-c1ccc(OC(F)F)cc1. The van der Waals surface area contributed by atoms with Gasteiger partial charge in [-0.3, -0.25) is 4.79 Å². The van der Waals surface area contributed by atoms with Crippen LogP contribution in [-0.2, 0) is 4.79 Å². The highest BCUT2D eigenvalue weighted by Crippen LogP contribution is 2.25. The number of carbonyl (C=O) groups is 1. The van der Waals surface area contributed by atoms with Gasteiger partial charge in [-0.2, -0.15) is 8.78 Å². The molecule has 0 saturated carbocycles. The zero-order chi connectivity index (χ0) is 21.0. The Balaban J connectivity index is 1.62. The first-order valence-electron chi connectivity index (χ1n) is 7.97. The fourth-order valence-corrected chi connectivity index (χ4v) is 3.10. The number of rotatable bonds is 7. The van der Waals surface area contributed by atoms with Gasteiger partial charge in [0.25, 0.3) is 0 Å². The molecule has 1 amide bonds. The number of amides is 1. The Bertz CT molecular complexity index is 1020. The van der Waals surface area contributed by atoms with Crippen LogP contribution in [0.25, 0.3) is 11.4 Å². The van der Waals surface area contributed by atoms with Gasteiger partial charge in [-0.25, -0.2) is 9.07 Å². The van der Waals surface area contributed by atoms with E-state index in [9.17, 15) is 18.0 Å². The first-order valence-corrected chi connectivity index (χ1v) is 9.33. The van der Waals surface area contributed by atoms with Gasteiger partial charge in [0, 0.05) is 11.3 Å². The second kappa shape index (κ2) is 9.05. The van der Waals surface area contributed by atoms with Crippen LogP contribution < -0.4 is 15.9 Å². The Morgan fingerprint density at radius 2 is 1.97 bits per heavy atom. The molecular formula is C17H13ClF3N5O2S. The summed E-state index contributed by atoms with van der Waals surface area (Å²) in [4.78, 5) is 12.1. The zero-order valence-corrected chi connectivity index (χ0v) is 16.1. The summed E-state index contributed by atoms with van der Waals surface area (Å²) < 4.78 is 43.0. The molecule has 0 radical (unpaired) electrons. The molecule has 0 atom stereocenters. The van der Waals surface area contributed by atoms with Crippen molar-refractivity contribution in [3.05, 3.63) is 53.3 Å². The molecule has 1 aromatic heterocycles. The molecule has 29 heavy (non-hydrogen) atoms. The number of ether oxygens (including phenoxy) is 1. The minimum Gasteiger partial charge on any atom is -0.435 e. The topological polar surface area (TPSA) is 95.1 Å². The number of nitrogens with one attached hydrogen (secondary N) is 1. The van der Waals surface area contributed by atoms with Crippen molar-refractivity contribution in [2.24, 2.45) is 0 Å². The quantitative estimate of drug-likeness (QED) is 0.426. The van der Waals surface area contributed by atoms with E-state index in [1.54, 1.807) is 0 Å². The van der Waals surface area contributed by atoms with E-state index < -0.39 is 12.4 Å². The summed E-state index contributed by atoms with van der Waals surface area (Å²) in [7, 11) is 0. The van der Waals surface area contributed by atoms with Gasteiger partial charge in [0.05, 0.1) is 10.8 Å². The van der Waals surface area contributed by atoms with Crippen molar-refractivity contribution in [3.63, 3.8) is 0 Å². The molecule has 0 aliphatic heterocycles. The molecule has 2 aromatic carbocycles. The smallest absolute Gasteiger partial charge is 0.387 e. The van der Waals surface area contributed by atoms with E-state index in [4.69, 9.17) is 17.4 Å². The number of thioether (sulfide) groups is 1. The Morgan fingerprint density at radius 3 is 2.62 bits per heavy atom. The van der Waals surface area contributed by atoms with Crippen molar-refractivity contribution in [2.45, 2.75) is 11.8 Å². The molecule has 0 saturated heterocycles. The minimum absolute atomic E-state index is 0.000923. The van der Waals surface area contributed by atoms with Gasteiger partial charge < -0.3 is 15.9 Å². The fourth-order valence-electron chi connectivity index (χ4n) is 2.26. The number of aromatic nitrogens is 3. The molecule has 152 valence electrons. The van der Waals surface area contributed by atoms with Gasteiger partial charge in [0.1, 0.15) is 11.6 Å². The van der Waals surface area contributed by atoms with E-state index in [2.05, 4.69) is 20.3 Å². The van der Waals surface area contributed by atoms with Crippen molar-refractivity contribution in [3.8, 4) is 17.1 Å². The first kappa shape index (κ1) is 20.8. The van der Waals surface area contributed by atoms with Crippen LogP contribution in [0.2, 0.25) is 5.02 Å². The largest absolute Gasteiger partial charge is 0.435 e.